The predicted octanol–water partition coefficient (Wildman–Crippen LogP) is 5.49. The number of nitrogens with zero attached hydrogens (tertiary/aromatic N) is 3. The molecule has 3 heterocycles. The molecule has 4 aromatic rings. The monoisotopic (exact) mass is 412 g/mol. The molecule has 0 aliphatic carbocycles. The van der Waals surface area contributed by atoms with Gasteiger partial charge in [-0.25, -0.2) is 4.68 Å². The van der Waals surface area contributed by atoms with Gasteiger partial charge >= 0.3 is 0 Å². The first-order chi connectivity index (χ1) is 14.8. The van der Waals surface area contributed by atoms with Gasteiger partial charge in [-0.05, 0) is 35.4 Å². The van der Waals surface area contributed by atoms with Crippen molar-refractivity contribution in [3.63, 3.8) is 0 Å². The van der Waals surface area contributed by atoms with Crippen LogP contribution in [-0.2, 0) is 0 Å². The van der Waals surface area contributed by atoms with Crippen LogP contribution in [0.25, 0.3) is 5.70 Å². The van der Waals surface area contributed by atoms with Crippen molar-refractivity contribution in [2.24, 2.45) is 0 Å². The lowest BCUT2D eigenvalue weighted by molar-refractivity contribution is 0.223. The normalized spacial score (nSPS) is 19.2. The Morgan fingerprint density at radius 1 is 0.867 bits per heavy atom. The molecule has 30 heavy (non-hydrogen) atoms. The van der Waals surface area contributed by atoms with Gasteiger partial charge in [0.15, 0.2) is 0 Å². The molecule has 2 atom stereocenters. The van der Waals surface area contributed by atoms with E-state index in [1.54, 1.807) is 6.33 Å². The molecule has 3 aromatic carbocycles. The lowest BCUT2D eigenvalue weighted by Gasteiger charge is -2.39. The summed E-state index contributed by atoms with van der Waals surface area (Å²) in [6.45, 7) is 0. The van der Waals surface area contributed by atoms with Crippen LogP contribution in [0.1, 0.15) is 28.8 Å². The Morgan fingerprint density at radius 2 is 1.63 bits per heavy atom. The van der Waals surface area contributed by atoms with E-state index in [9.17, 15) is 0 Å². The van der Waals surface area contributed by atoms with Crippen molar-refractivity contribution in [2.45, 2.75) is 12.1 Å². The summed E-state index contributed by atoms with van der Waals surface area (Å²) in [4.78, 5) is 4.45. The van der Waals surface area contributed by atoms with Crippen LogP contribution in [-0.4, -0.2) is 14.8 Å². The van der Waals surface area contributed by atoms with Gasteiger partial charge in [-0.15, -0.1) is 0 Å². The second-order valence-corrected chi connectivity index (χ2v) is 7.78. The Morgan fingerprint density at radius 3 is 2.47 bits per heavy atom. The van der Waals surface area contributed by atoms with Crippen LogP contribution < -0.4 is 10.1 Å². The summed E-state index contributed by atoms with van der Waals surface area (Å²) in [7, 11) is 0. The summed E-state index contributed by atoms with van der Waals surface area (Å²) in [5.74, 6) is 1.55. The minimum absolute atomic E-state index is 0.172. The fourth-order valence-electron chi connectivity index (χ4n) is 4.29. The first-order valence-corrected chi connectivity index (χ1v) is 10.1. The van der Waals surface area contributed by atoms with Gasteiger partial charge < -0.3 is 10.1 Å². The summed E-state index contributed by atoms with van der Waals surface area (Å²) in [5.41, 5.74) is 5.30. The maximum absolute atomic E-state index is 6.57. The Kier molecular flexibility index (Phi) is 3.89. The Bertz CT molecular complexity index is 1260. The molecule has 0 saturated heterocycles. The van der Waals surface area contributed by atoms with Crippen LogP contribution in [0.4, 0.5) is 5.95 Å². The van der Waals surface area contributed by atoms with Crippen molar-refractivity contribution in [2.75, 3.05) is 5.32 Å². The van der Waals surface area contributed by atoms with Crippen molar-refractivity contribution in [3.8, 4) is 5.75 Å². The van der Waals surface area contributed by atoms with E-state index in [2.05, 4.69) is 33.6 Å². The van der Waals surface area contributed by atoms with Gasteiger partial charge in [-0.3, -0.25) is 0 Å². The number of aromatic nitrogens is 3. The lowest BCUT2D eigenvalue weighted by Crippen LogP contribution is -2.32. The van der Waals surface area contributed by atoms with E-state index in [1.165, 1.54) is 0 Å². The molecule has 0 fully saturated rings. The second kappa shape index (κ2) is 6.75. The highest BCUT2D eigenvalue weighted by Crippen LogP contribution is 2.50. The third-order valence-corrected chi connectivity index (χ3v) is 5.86. The van der Waals surface area contributed by atoms with Gasteiger partial charge in [0.05, 0.1) is 5.70 Å². The minimum atomic E-state index is -0.262. The number of halogens is 1. The lowest BCUT2D eigenvalue weighted by atomic mass is 9.84. The molecule has 1 N–H and O–H groups in total. The molecule has 146 valence electrons. The van der Waals surface area contributed by atoms with Crippen molar-refractivity contribution < 1.29 is 4.74 Å². The third kappa shape index (κ3) is 2.63. The minimum Gasteiger partial charge on any atom is -0.480 e. The van der Waals surface area contributed by atoms with Crippen molar-refractivity contribution in [1.29, 1.82) is 0 Å². The van der Waals surface area contributed by atoms with Crippen molar-refractivity contribution in [3.05, 3.63) is 112 Å². The van der Waals surface area contributed by atoms with Crippen molar-refractivity contribution >= 4 is 23.2 Å². The van der Waals surface area contributed by atoms with E-state index >= 15 is 0 Å². The van der Waals surface area contributed by atoms with Crippen LogP contribution >= 0.6 is 11.6 Å². The van der Waals surface area contributed by atoms with E-state index in [-0.39, 0.29) is 12.1 Å². The summed E-state index contributed by atoms with van der Waals surface area (Å²) >= 11 is 6.17. The molecule has 0 saturated carbocycles. The Labute approximate surface area is 178 Å². The number of hydrogen-bond donors (Lipinski definition) is 1. The summed E-state index contributed by atoms with van der Waals surface area (Å²) in [6, 6.07) is 26.1. The number of anilines is 1. The number of rotatable bonds is 2. The molecule has 0 unspecified atom stereocenters. The zero-order valence-electron chi connectivity index (χ0n) is 15.9. The first-order valence-electron chi connectivity index (χ1n) is 9.76. The fourth-order valence-corrected chi connectivity index (χ4v) is 4.41. The molecule has 1 aromatic heterocycles. The average molecular weight is 413 g/mol. The van der Waals surface area contributed by atoms with E-state index in [0.717, 1.165) is 33.7 Å². The van der Waals surface area contributed by atoms with E-state index in [0.29, 0.717) is 11.0 Å². The molecule has 5 nitrogen and oxygen atoms in total. The molecule has 0 amide bonds. The average Bonchev–Trinajstić information content (AvgIpc) is 3.27. The number of hydrogen-bond acceptors (Lipinski definition) is 4. The Hall–Kier alpha value is -3.57. The number of fused-ring (bicyclic) bond motifs is 3. The largest absolute Gasteiger partial charge is 0.480 e. The summed E-state index contributed by atoms with van der Waals surface area (Å²) in [6.07, 6.45) is 1.31. The van der Waals surface area contributed by atoms with E-state index in [4.69, 9.17) is 16.3 Å². The number of ether oxygens (including phenoxy) is 1. The SMILES string of the molecule is Clc1ccc([C@H]2C3=C(Nc4ncnn42)c2ccccc2O[C@@H]3c2ccccc2)cc1. The third-order valence-electron chi connectivity index (χ3n) is 5.61. The van der Waals surface area contributed by atoms with Crippen LogP contribution in [0.3, 0.4) is 0 Å². The van der Waals surface area contributed by atoms with Crippen molar-refractivity contribution in [1.82, 2.24) is 14.8 Å². The Balaban J connectivity index is 1.63. The molecule has 2 aliphatic rings. The van der Waals surface area contributed by atoms with Gasteiger partial charge in [-0.2, -0.15) is 10.1 Å². The van der Waals surface area contributed by atoms with Gasteiger partial charge in [-0.1, -0.05) is 66.2 Å². The highest BCUT2D eigenvalue weighted by atomic mass is 35.5. The molecule has 0 spiro atoms. The topological polar surface area (TPSA) is 52.0 Å². The quantitative estimate of drug-likeness (QED) is 0.473. The molecule has 6 heteroatoms. The van der Waals surface area contributed by atoms with Gasteiger partial charge in [0, 0.05) is 16.2 Å². The second-order valence-electron chi connectivity index (χ2n) is 7.34. The molecule has 0 radical (unpaired) electrons. The van der Waals surface area contributed by atoms with Gasteiger partial charge in [0.2, 0.25) is 5.95 Å². The van der Waals surface area contributed by atoms with Crippen LogP contribution in [0.5, 0.6) is 5.75 Å². The zero-order chi connectivity index (χ0) is 20.1. The van der Waals surface area contributed by atoms with Gasteiger partial charge in [0.25, 0.3) is 0 Å². The molecular weight excluding hydrogens is 396 g/mol. The summed E-state index contributed by atoms with van der Waals surface area (Å²) in [5, 5.41) is 8.74. The van der Waals surface area contributed by atoms with Crippen LogP contribution in [0.2, 0.25) is 5.02 Å². The maximum atomic E-state index is 6.57. The smallest absolute Gasteiger partial charge is 0.226 e. The highest BCUT2D eigenvalue weighted by molar-refractivity contribution is 6.30. The highest BCUT2D eigenvalue weighted by Gasteiger charge is 2.40. The fraction of sp³-hybridized carbons (Fsp3) is 0.0833. The predicted molar refractivity (Wildman–Crippen MR) is 116 cm³/mol. The molecule has 0 bridgehead atoms. The van der Waals surface area contributed by atoms with Crippen LogP contribution in [0.15, 0.2) is 90.8 Å². The molecule has 2 aliphatic heterocycles. The first kappa shape index (κ1) is 17.3. The van der Waals surface area contributed by atoms with E-state index < -0.39 is 0 Å². The van der Waals surface area contributed by atoms with E-state index in [1.807, 2.05) is 65.3 Å². The zero-order valence-corrected chi connectivity index (χ0v) is 16.6. The number of nitrogens with one attached hydrogen (secondary N) is 1. The number of benzene rings is 3. The number of para-hydroxylation sites is 1. The van der Waals surface area contributed by atoms with Gasteiger partial charge in [0.1, 0.15) is 24.2 Å². The molecule has 6 rings (SSSR count). The van der Waals surface area contributed by atoms with Crippen LogP contribution in [0, 0.1) is 0 Å². The maximum Gasteiger partial charge on any atom is 0.226 e. The standard InChI is InChI=1S/C24H17ClN4O/c25-17-12-10-15(11-13-17)22-20-21(28-24-26-14-27-29(22)24)18-8-4-5-9-19(18)30-23(20)16-6-2-1-3-7-16/h1-14,22-23H,(H,26,27,28)/t22-,23+/m0/s1. The summed E-state index contributed by atoms with van der Waals surface area (Å²) < 4.78 is 8.48. The molecular formula is C24H17ClN4O.